The van der Waals surface area contributed by atoms with Crippen LogP contribution in [0.2, 0.25) is 0 Å². The number of carbonyl (C=O) groups excluding carboxylic acids is 2. The Hall–Kier alpha value is -4.45. The Balaban J connectivity index is 1.39. The normalized spacial score (nSPS) is 10.8. The topological polar surface area (TPSA) is 88.0 Å². The first-order chi connectivity index (χ1) is 15.1. The van der Waals surface area contributed by atoms with E-state index in [2.05, 4.69) is 10.5 Å². The van der Waals surface area contributed by atoms with Crippen LogP contribution in [0.25, 0.3) is 10.8 Å². The molecule has 4 rings (SSSR count). The van der Waals surface area contributed by atoms with Crippen molar-refractivity contribution in [3.8, 4) is 11.5 Å². The first-order valence-electron chi connectivity index (χ1n) is 9.52. The Bertz CT molecular complexity index is 1270. The number of fused-ring (bicyclic) bond motifs is 1. The van der Waals surface area contributed by atoms with Crippen LogP contribution in [-0.4, -0.2) is 23.2 Å². The summed E-state index contributed by atoms with van der Waals surface area (Å²) in [5.74, 6) is -0.464. The van der Waals surface area contributed by atoms with Gasteiger partial charge in [-0.1, -0.05) is 42.5 Å². The van der Waals surface area contributed by atoms with Gasteiger partial charge in [-0.15, -0.1) is 0 Å². The van der Waals surface area contributed by atoms with Gasteiger partial charge in [-0.25, -0.2) is 10.2 Å². The molecule has 0 heterocycles. The van der Waals surface area contributed by atoms with Gasteiger partial charge in [0.05, 0.1) is 11.8 Å². The Morgan fingerprint density at radius 2 is 1.61 bits per heavy atom. The van der Waals surface area contributed by atoms with Crippen LogP contribution in [-0.2, 0) is 0 Å². The lowest BCUT2D eigenvalue weighted by atomic mass is 10.0. The SMILES string of the molecule is O=C(N/N=C/c1ccc(OC(=O)c2cccc3ccccc23)cc1)c1cccc(O)c1. The lowest BCUT2D eigenvalue weighted by Gasteiger charge is -2.07. The van der Waals surface area contributed by atoms with E-state index >= 15 is 0 Å². The van der Waals surface area contributed by atoms with Crippen molar-refractivity contribution >= 4 is 28.9 Å². The average Bonchev–Trinajstić information content (AvgIpc) is 2.79. The van der Waals surface area contributed by atoms with Gasteiger partial charge in [-0.3, -0.25) is 4.79 Å². The molecule has 0 atom stereocenters. The van der Waals surface area contributed by atoms with E-state index < -0.39 is 11.9 Å². The van der Waals surface area contributed by atoms with Gasteiger partial charge in [-0.05, 0) is 64.9 Å². The standard InChI is InChI=1S/C25H18N2O4/c28-20-8-3-7-19(15-20)24(29)27-26-16-17-11-13-21(14-12-17)31-25(30)23-10-4-6-18-5-1-2-9-22(18)23/h1-16,28H,(H,27,29)/b26-16+. The fraction of sp³-hybridized carbons (Fsp3) is 0. The highest BCUT2D eigenvalue weighted by Crippen LogP contribution is 2.21. The summed E-state index contributed by atoms with van der Waals surface area (Å²) in [7, 11) is 0. The number of ether oxygens (including phenoxy) is 1. The molecule has 152 valence electrons. The number of carbonyl (C=O) groups is 2. The van der Waals surface area contributed by atoms with Gasteiger partial charge >= 0.3 is 5.97 Å². The molecule has 31 heavy (non-hydrogen) atoms. The summed E-state index contributed by atoms with van der Waals surface area (Å²) in [5, 5.41) is 15.1. The van der Waals surface area contributed by atoms with Crippen molar-refractivity contribution in [1.29, 1.82) is 0 Å². The molecule has 4 aromatic rings. The van der Waals surface area contributed by atoms with Crippen molar-refractivity contribution in [3.05, 3.63) is 108 Å². The molecule has 4 aromatic carbocycles. The zero-order chi connectivity index (χ0) is 21.6. The van der Waals surface area contributed by atoms with Gasteiger partial charge in [-0.2, -0.15) is 5.10 Å². The van der Waals surface area contributed by atoms with E-state index in [0.29, 0.717) is 22.4 Å². The summed E-state index contributed by atoms with van der Waals surface area (Å²) in [6.45, 7) is 0. The zero-order valence-electron chi connectivity index (χ0n) is 16.4. The zero-order valence-corrected chi connectivity index (χ0v) is 16.4. The predicted octanol–water partition coefficient (Wildman–Crippen LogP) is 4.53. The summed E-state index contributed by atoms with van der Waals surface area (Å²) in [6, 6.07) is 25.9. The molecule has 0 aromatic heterocycles. The second kappa shape index (κ2) is 8.92. The van der Waals surface area contributed by atoms with E-state index in [1.54, 1.807) is 42.5 Å². The molecule has 0 saturated carbocycles. The van der Waals surface area contributed by atoms with E-state index in [9.17, 15) is 14.7 Å². The Kier molecular flexibility index (Phi) is 5.71. The van der Waals surface area contributed by atoms with Crippen LogP contribution < -0.4 is 10.2 Å². The van der Waals surface area contributed by atoms with Crippen molar-refractivity contribution < 1.29 is 19.4 Å². The number of nitrogens with one attached hydrogen (secondary N) is 1. The Morgan fingerprint density at radius 1 is 0.871 bits per heavy atom. The molecule has 6 nitrogen and oxygen atoms in total. The molecule has 2 N–H and O–H groups in total. The highest BCUT2D eigenvalue weighted by Gasteiger charge is 2.12. The molecule has 0 saturated heterocycles. The largest absolute Gasteiger partial charge is 0.508 e. The van der Waals surface area contributed by atoms with Crippen LogP contribution in [0.5, 0.6) is 11.5 Å². The number of esters is 1. The average molecular weight is 410 g/mol. The molecule has 0 aliphatic rings. The number of hydrazone groups is 1. The molecule has 0 aliphatic heterocycles. The number of phenolic OH excluding ortho intramolecular Hbond substituents is 1. The number of hydrogen-bond donors (Lipinski definition) is 2. The second-order valence-corrected chi connectivity index (χ2v) is 6.73. The summed E-state index contributed by atoms with van der Waals surface area (Å²) in [6.07, 6.45) is 1.47. The molecular weight excluding hydrogens is 392 g/mol. The van der Waals surface area contributed by atoms with Gasteiger partial charge in [0.25, 0.3) is 5.91 Å². The van der Waals surface area contributed by atoms with E-state index in [0.717, 1.165) is 10.8 Å². The molecule has 1 amide bonds. The third-order valence-electron chi connectivity index (χ3n) is 4.59. The second-order valence-electron chi connectivity index (χ2n) is 6.73. The van der Waals surface area contributed by atoms with E-state index in [-0.39, 0.29) is 5.75 Å². The van der Waals surface area contributed by atoms with Gasteiger partial charge in [0.15, 0.2) is 0 Å². The van der Waals surface area contributed by atoms with Crippen LogP contribution >= 0.6 is 0 Å². The number of amides is 1. The van der Waals surface area contributed by atoms with E-state index in [1.807, 2.05) is 36.4 Å². The molecule has 0 unspecified atom stereocenters. The van der Waals surface area contributed by atoms with Crippen molar-refractivity contribution in [1.82, 2.24) is 5.43 Å². The van der Waals surface area contributed by atoms with Crippen LogP contribution in [0.15, 0.2) is 96.1 Å². The van der Waals surface area contributed by atoms with Gasteiger partial charge in [0.2, 0.25) is 0 Å². The molecule has 6 heteroatoms. The van der Waals surface area contributed by atoms with Gasteiger partial charge < -0.3 is 9.84 Å². The van der Waals surface area contributed by atoms with E-state index in [1.165, 1.54) is 18.3 Å². The number of rotatable bonds is 5. The Labute approximate surface area is 178 Å². The van der Waals surface area contributed by atoms with Crippen LogP contribution in [0.1, 0.15) is 26.3 Å². The smallest absolute Gasteiger partial charge is 0.344 e. The number of benzene rings is 4. The highest BCUT2D eigenvalue weighted by atomic mass is 16.5. The number of hydrogen-bond acceptors (Lipinski definition) is 5. The van der Waals surface area contributed by atoms with Crippen molar-refractivity contribution in [2.45, 2.75) is 0 Å². The summed E-state index contributed by atoms with van der Waals surface area (Å²) in [5.41, 5.74) is 3.90. The molecule has 0 bridgehead atoms. The van der Waals surface area contributed by atoms with Crippen molar-refractivity contribution in [2.24, 2.45) is 5.10 Å². The maximum Gasteiger partial charge on any atom is 0.344 e. The van der Waals surface area contributed by atoms with Crippen molar-refractivity contribution in [3.63, 3.8) is 0 Å². The van der Waals surface area contributed by atoms with Gasteiger partial charge in [0.1, 0.15) is 11.5 Å². The lowest BCUT2D eigenvalue weighted by Crippen LogP contribution is -2.17. The lowest BCUT2D eigenvalue weighted by molar-refractivity contribution is 0.0736. The number of phenols is 1. The van der Waals surface area contributed by atoms with E-state index in [4.69, 9.17) is 4.74 Å². The molecule has 0 aliphatic carbocycles. The minimum absolute atomic E-state index is 0.00488. The molecular formula is C25H18N2O4. The summed E-state index contributed by atoms with van der Waals surface area (Å²) >= 11 is 0. The molecule has 0 radical (unpaired) electrons. The minimum Gasteiger partial charge on any atom is -0.508 e. The fourth-order valence-electron chi connectivity index (χ4n) is 3.06. The third kappa shape index (κ3) is 4.76. The first-order valence-corrected chi connectivity index (χ1v) is 9.52. The first kappa shape index (κ1) is 19.8. The molecule has 0 spiro atoms. The van der Waals surface area contributed by atoms with Crippen LogP contribution in [0.4, 0.5) is 0 Å². The van der Waals surface area contributed by atoms with Crippen LogP contribution in [0.3, 0.4) is 0 Å². The predicted molar refractivity (Wildman–Crippen MR) is 119 cm³/mol. The summed E-state index contributed by atoms with van der Waals surface area (Å²) < 4.78 is 5.50. The fourth-order valence-corrected chi connectivity index (χ4v) is 3.06. The maximum absolute atomic E-state index is 12.6. The monoisotopic (exact) mass is 410 g/mol. The third-order valence-corrected chi connectivity index (χ3v) is 4.59. The Morgan fingerprint density at radius 3 is 2.42 bits per heavy atom. The number of nitrogens with zero attached hydrogens (tertiary/aromatic N) is 1. The molecule has 0 fully saturated rings. The quantitative estimate of drug-likeness (QED) is 0.219. The summed E-state index contributed by atoms with van der Waals surface area (Å²) in [4.78, 5) is 24.6. The number of aromatic hydroxyl groups is 1. The highest BCUT2D eigenvalue weighted by molar-refractivity contribution is 6.05. The van der Waals surface area contributed by atoms with Gasteiger partial charge in [0, 0.05) is 5.56 Å². The maximum atomic E-state index is 12.6. The minimum atomic E-state index is -0.437. The van der Waals surface area contributed by atoms with Crippen molar-refractivity contribution in [2.75, 3.05) is 0 Å². The van der Waals surface area contributed by atoms with Crippen LogP contribution in [0, 0.1) is 0 Å².